The minimum atomic E-state index is -2.44. The van der Waals surface area contributed by atoms with Crippen LogP contribution in [0.25, 0.3) is 0 Å². The van der Waals surface area contributed by atoms with Gasteiger partial charge in [-0.3, -0.25) is 19.2 Å². The van der Waals surface area contributed by atoms with E-state index >= 15 is 0 Å². The molecule has 1 saturated carbocycles. The van der Waals surface area contributed by atoms with Gasteiger partial charge in [-0.2, -0.15) is 0 Å². The van der Waals surface area contributed by atoms with Gasteiger partial charge in [-0.1, -0.05) is 44.6 Å². The van der Waals surface area contributed by atoms with E-state index in [1.54, 1.807) is 27.0 Å². The summed E-state index contributed by atoms with van der Waals surface area (Å²) in [7, 11) is 4.62. The average Bonchev–Trinajstić information content (AvgIpc) is 3.19. The first-order valence-electron chi connectivity index (χ1n) is 21.2. The largest absolute Gasteiger partial charge is 0.392 e. The van der Waals surface area contributed by atoms with E-state index in [1.807, 2.05) is 32.9 Å². The van der Waals surface area contributed by atoms with Gasteiger partial charge in [0.15, 0.2) is 5.78 Å². The van der Waals surface area contributed by atoms with E-state index in [2.05, 4.69) is 6.58 Å². The van der Waals surface area contributed by atoms with Crippen LogP contribution in [0, 0.1) is 29.6 Å². The SMILES string of the molecule is C=CC[C@H](C=C(C)C[C@H](C)C[C@H](OC)[C@H]1O[C@@](O)(C(=O)C(=O)N2CCCC[C@H]2C(C)=O)[C@H](C)C[C@@H]1OC)C(=O)C[C@H](O)[C@@H](C)[C@H](O)C(C)=C[C@@H]1CC[C@@H](O)[C@H](OC)C1. The molecule has 2 saturated heterocycles. The van der Waals surface area contributed by atoms with Crippen LogP contribution in [-0.4, -0.2) is 131 Å². The zero-order valence-electron chi connectivity index (χ0n) is 36.4. The number of rotatable bonds is 21. The van der Waals surface area contributed by atoms with Crippen LogP contribution in [-0.2, 0) is 38.1 Å². The topological polar surface area (TPSA) is 189 Å². The van der Waals surface area contributed by atoms with Gasteiger partial charge in [-0.25, -0.2) is 0 Å². The number of ketones is 3. The van der Waals surface area contributed by atoms with Gasteiger partial charge in [0.1, 0.15) is 11.9 Å². The van der Waals surface area contributed by atoms with Crippen molar-refractivity contribution in [2.45, 2.75) is 167 Å². The van der Waals surface area contributed by atoms with Gasteiger partial charge in [0, 0.05) is 52.0 Å². The van der Waals surface area contributed by atoms with E-state index in [9.17, 15) is 39.6 Å². The van der Waals surface area contributed by atoms with E-state index < -0.39 is 77.9 Å². The van der Waals surface area contributed by atoms with Crippen molar-refractivity contribution in [2.24, 2.45) is 29.6 Å². The second-order valence-corrected chi connectivity index (χ2v) is 17.5. The number of carbonyl (C=O) groups excluding carboxylic acids is 4. The molecule has 330 valence electrons. The molecule has 13 heteroatoms. The van der Waals surface area contributed by atoms with E-state index in [4.69, 9.17) is 18.9 Å². The van der Waals surface area contributed by atoms with Crippen molar-refractivity contribution in [1.82, 2.24) is 4.90 Å². The molecule has 0 aromatic rings. The smallest absolute Gasteiger partial charge is 0.296 e. The number of hydrogen-bond acceptors (Lipinski definition) is 12. The van der Waals surface area contributed by atoms with Crippen LogP contribution in [0.1, 0.15) is 112 Å². The van der Waals surface area contributed by atoms with Crippen LogP contribution in [0.2, 0.25) is 0 Å². The van der Waals surface area contributed by atoms with Crippen LogP contribution >= 0.6 is 0 Å². The predicted molar refractivity (Wildman–Crippen MR) is 219 cm³/mol. The molecule has 1 aliphatic carbocycles. The highest BCUT2D eigenvalue weighted by Crippen LogP contribution is 2.39. The van der Waals surface area contributed by atoms with E-state index in [0.29, 0.717) is 50.5 Å². The summed E-state index contributed by atoms with van der Waals surface area (Å²) in [5.74, 6) is -6.63. The number of aliphatic hydroxyl groups is 4. The van der Waals surface area contributed by atoms with Gasteiger partial charge >= 0.3 is 0 Å². The summed E-state index contributed by atoms with van der Waals surface area (Å²) >= 11 is 0. The Morgan fingerprint density at radius 1 is 0.966 bits per heavy atom. The lowest BCUT2D eigenvalue weighted by Crippen LogP contribution is -2.64. The summed E-state index contributed by atoms with van der Waals surface area (Å²) in [6, 6.07) is -0.715. The molecule has 2 heterocycles. The Bertz CT molecular complexity index is 1460. The lowest BCUT2D eigenvalue weighted by atomic mass is 9.81. The van der Waals surface area contributed by atoms with Crippen LogP contribution < -0.4 is 0 Å². The highest BCUT2D eigenvalue weighted by molar-refractivity contribution is 6.39. The first kappa shape index (κ1) is 49.7. The second-order valence-electron chi connectivity index (χ2n) is 17.5. The Kier molecular flexibility index (Phi) is 19.6. The summed E-state index contributed by atoms with van der Waals surface area (Å²) in [6.45, 7) is 14.6. The number of carbonyl (C=O) groups is 4. The van der Waals surface area contributed by atoms with Crippen molar-refractivity contribution < 1.29 is 58.6 Å². The zero-order chi connectivity index (χ0) is 43.5. The first-order valence-corrected chi connectivity index (χ1v) is 21.2. The molecule has 0 aromatic carbocycles. The Morgan fingerprint density at radius 3 is 2.24 bits per heavy atom. The number of ether oxygens (including phenoxy) is 4. The Morgan fingerprint density at radius 2 is 1.64 bits per heavy atom. The molecule has 3 fully saturated rings. The maximum Gasteiger partial charge on any atom is 0.296 e. The van der Waals surface area contributed by atoms with Crippen molar-refractivity contribution in [3.05, 3.63) is 36.0 Å². The number of hydrogen-bond donors (Lipinski definition) is 4. The molecular formula is C45H73NO12. The van der Waals surface area contributed by atoms with Crippen molar-refractivity contribution in [2.75, 3.05) is 27.9 Å². The number of likely N-dealkylation sites (tertiary alicyclic amines) is 1. The fraction of sp³-hybridized carbons (Fsp3) is 0.778. The minimum Gasteiger partial charge on any atom is -0.392 e. The summed E-state index contributed by atoms with van der Waals surface area (Å²) in [4.78, 5) is 54.5. The van der Waals surface area contributed by atoms with Gasteiger partial charge in [0.25, 0.3) is 11.7 Å². The van der Waals surface area contributed by atoms with Gasteiger partial charge in [-0.05, 0) is 102 Å². The highest BCUT2D eigenvalue weighted by atomic mass is 16.7. The molecule has 2 aliphatic heterocycles. The van der Waals surface area contributed by atoms with Crippen molar-refractivity contribution in [1.29, 1.82) is 0 Å². The summed E-state index contributed by atoms with van der Waals surface area (Å²) < 4.78 is 23.3. The third-order valence-electron chi connectivity index (χ3n) is 12.9. The van der Waals surface area contributed by atoms with Crippen LogP contribution in [0.3, 0.4) is 0 Å². The lowest BCUT2D eigenvalue weighted by Gasteiger charge is -2.47. The zero-order valence-corrected chi connectivity index (χ0v) is 36.4. The molecule has 58 heavy (non-hydrogen) atoms. The molecule has 3 rings (SSSR count). The number of methoxy groups -OCH3 is 3. The monoisotopic (exact) mass is 820 g/mol. The molecule has 0 bridgehead atoms. The Balaban J connectivity index is 1.66. The molecule has 14 atom stereocenters. The normalized spacial score (nSPS) is 31.7. The van der Waals surface area contributed by atoms with E-state index in [0.717, 1.165) is 18.4 Å². The molecule has 0 spiro atoms. The number of allylic oxidation sites excluding steroid dienone is 4. The highest BCUT2D eigenvalue weighted by Gasteiger charge is 2.56. The third kappa shape index (κ3) is 12.7. The van der Waals surface area contributed by atoms with Crippen LogP contribution in [0.4, 0.5) is 0 Å². The molecule has 3 aliphatic rings. The molecular weight excluding hydrogens is 746 g/mol. The molecule has 0 unspecified atom stereocenters. The third-order valence-corrected chi connectivity index (χ3v) is 12.9. The minimum absolute atomic E-state index is 0.0154. The van der Waals surface area contributed by atoms with E-state index in [1.165, 1.54) is 26.0 Å². The van der Waals surface area contributed by atoms with Crippen LogP contribution in [0.15, 0.2) is 36.0 Å². The first-order chi connectivity index (χ1) is 27.3. The van der Waals surface area contributed by atoms with E-state index in [-0.39, 0.29) is 48.9 Å². The fourth-order valence-corrected chi connectivity index (χ4v) is 9.21. The molecule has 4 N–H and O–H groups in total. The second kappa shape index (κ2) is 22.8. The average molecular weight is 820 g/mol. The van der Waals surface area contributed by atoms with Crippen molar-refractivity contribution in [3.63, 3.8) is 0 Å². The number of Topliss-reactive ketones (excluding diaryl/α,β-unsaturated/α-hetero) is 3. The molecule has 0 aromatic heterocycles. The maximum atomic E-state index is 13.8. The Hall–Kier alpha value is -2.62. The summed E-state index contributed by atoms with van der Waals surface area (Å²) in [6.07, 6.45) is 6.12. The molecule has 0 radical (unpaired) electrons. The van der Waals surface area contributed by atoms with Crippen molar-refractivity contribution >= 4 is 23.3 Å². The number of nitrogens with zero attached hydrogens (tertiary/aromatic N) is 1. The number of amides is 1. The molecule has 1 amide bonds. The summed E-state index contributed by atoms with van der Waals surface area (Å²) in [5, 5.41) is 44.2. The van der Waals surface area contributed by atoms with Crippen molar-refractivity contribution in [3.8, 4) is 0 Å². The van der Waals surface area contributed by atoms with Gasteiger partial charge < -0.3 is 44.3 Å². The maximum absolute atomic E-state index is 13.8. The lowest BCUT2D eigenvalue weighted by molar-refractivity contribution is -0.302. The summed E-state index contributed by atoms with van der Waals surface area (Å²) in [5.41, 5.74) is 1.66. The number of piperidine rings is 1. The predicted octanol–water partition coefficient (Wildman–Crippen LogP) is 4.66. The number of aliphatic hydroxyl groups excluding tert-OH is 3. The Labute approximate surface area is 346 Å². The fourth-order valence-electron chi connectivity index (χ4n) is 9.21. The quantitative estimate of drug-likeness (QED) is 0.0928. The van der Waals surface area contributed by atoms with Gasteiger partial charge in [0.2, 0.25) is 5.79 Å². The van der Waals surface area contributed by atoms with Gasteiger partial charge in [0.05, 0.1) is 42.7 Å². The molecule has 13 nitrogen and oxygen atoms in total. The van der Waals surface area contributed by atoms with Crippen LogP contribution in [0.5, 0.6) is 0 Å². The standard InChI is InChI=1S/C45H73NO12/c1-11-14-33(37(50)25-36(49)30(6)41(51)28(4)22-32-16-17-35(48)38(24-32)55-8)20-26(2)19-27(3)21-39(56-9)42-40(57-10)23-29(5)45(54,58-42)43(52)44(53)46-18-13-12-15-34(46)31(7)47/h11,20,22,27,29-30,32-36,38-42,48-49,51,54H,1,12-19,21,23-25H2,2-10H3/t27-,29+,30+,32-,33+,34-,35+,36-,38+,39-,40-,41+,42+,45+/m0/s1. The van der Waals surface area contributed by atoms with Gasteiger partial charge in [-0.15, -0.1) is 6.58 Å².